The lowest BCUT2D eigenvalue weighted by atomic mass is 9.95. The zero-order chi connectivity index (χ0) is 8.48. The molecule has 11 heavy (non-hydrogen) atoms. The van der Waals surface area contributed by atoms with Crippen LogP contribution in [0.3, 0.4) is 0 Å². The van der Waals surface area contributed by atoms with Gasteiger partial charge in [-0.2, -0.15) is 0 Å². The molecule has 0 saturated heterocycles. The molecule has 0 saturated carbocycles. The van der Waals surface area contributed by atoms with Crippen LogP contribution in [-0.4, -0.2) is 4.98 Å². The second-order valence-electron chi connectivity index (χ2n) is 2.90. The summed E-state index contributed by atoms with van der Waals surface area (Å²) >= 11 is 4.97. The topological polar surface area (TPSA) is 12.9 Å². The van der Waals surface area contributed by atoms with Gasteiger partial charge in [0, 0.05) is 10.8 Å². The molecule has 1 heterocycles. The van der Waals surface area contributed by atoms with Crippen molar-refractivity contribution in [2.75, 3.05) is 0 Å². The highest BCUT2D eigenvalue weighted by atomic mass is 79.9. The molecule has 0 atom stereocenters. The molecule has 0 aliphatic heterocycles. The summed E-state index contributed by atoms with van der Waals surface area (Å²) in [5, 5.41) is 3.08. The van der Waals surface area contributed by atoms with Crippen molar-refractivity contribution in [3.05, 3.63) is 27.6 Å². The van der Waals surface area contributed by atoms with E-state index in [-0.39, 0.29) is 5.41 Å². The largest absolute Gasteiger partial charge is 0.233 e. The molecular formula is C8H10BrNS. The van der Waals surface area contributed by atoms with Crippen molar-refractivity contribution in [2.24, 2.45) is 0 Å². The number of rotatable bonds is 2. The van der Waals surface area contributed by atoms with E-state index < -0.39 is 0 Å². The van der Waals surface area contributed by atoms with Gasteiger partial charge in [-0.3, -0.25) is 0 Å². The van der Waals surface area contributed by atoms with Gasteiger partial charge in [0.1, 0.15) is 9.61 Å². The van der Waals surface area contributed by atoms with Crippen LogP contribution < -0.4 is 0 Å². The van der Waals surface area contributed by atoms with Gasteiger partial charge in [0.25, 0.3) is 0 Å². The average molecular weight is 232 g/mol. The van der Waals surface area contributed by atoms with Crippen LogP contribution in [0.2, 0.25) is 0 Å². The van der Waals surface area contributed by atoms with Crippen molar-refractivity contribution in [1.82, 2.24) is 4.98 Å². The van der Waals surface area contributed by atoms with Gasteiger partial charge in [-0.05, 0) is 29.8 Å². The number of aromatic nitrogens is 1. The fourth-order valence-electron chi connectivity index (χ4n) is 0.637. The predicted molar refractivity (Wildman–Crippen MR) is 53.0 cm³/mol. The molecule has 0 unspecified atom stereocenters. The van der Waals surface area contributed by atoms with Gasteiger partial charge in [-0.15, -0.1) is 17.9 Å². The maximum absolute atomic E-state index is 4.32. The fourth-order valence-corrected chi connectivity index (χ4v) is 2.01. The van der Waals surface area contributed by atoms with Gasteiger partial charge in [-0.25, -0.2) is 4.98 Å². The van der Waals surface area contributed by atoms with Gasteiger partial charge in [0.2, 0.25) is 0 Å². The molecule has 0 aliphatic carbocycles. The standard InChI is InChI=1S/C8H10BrNS/c1-4-8(2,3)7-10-6(9)5-11-7/h4-5H,1H2,2-3H3. The average Bonchev–Trinajstić information content (AvgIpc) is 2.36. The van der Waals surface area contributed by atoms with E-state index in [9.17, 15) is 0 Å². The number of hydrogen-bond donors (Lipinski definition) is 0. The van der Waals surface area contributed by atoms with Crippen LogP contribution in [-0.2, 0) is 5.41 Å². The number of thiazole rings is 1. The normalized spacial score (nSPS) is 11.5. The van der Waals surface area contributed by atoms with E-state index in [4.69, 9.17) is 0 Å². The predicted octanol–water partition coefficient (Wildman–Crippen LogP) is 3.37. The Morgan fingerprint density at radius 1 is 1.73 bits per heavy atom. The van der Waals surface area contributed by atoms with Crippen LogP contribution in [0, 0.1) is 0 Å². The maximum atomic E-state index is 4.32. The summed E-state index contributed by atoms with van der Waals surface area (Å²) in [5.41, 5.74) is -0.00329. The van der Waals surface area contributed by atoms with Crippen molar-refractivity contribution >= 4 is 27.3 Å². The first-order valence-electron chi connectivity index (χ1n) is 3.31. The molecule has 1 aromatic heterocycles. The van der Waals surface area contributed by atoms with Gasteiger partial charge in [0.05, 0.1) is 0 Å². The van der Waals surface area contributed by atoms with Gasteiger partial charge < -0.3 is 0 Å². The summed E-state index contributed by atoms with van der Waals surface area (Å²) in [6, 6.07) is 0. The van der Waals surface area contributed by atoms with Crippen molar-refractivity contribution in [3.8, 4) is 0 Å². The Labute approximate surface area is 79.3 Å². The number of halogens is 1. The van der Waals surface area contributed by atoms with Crippen LogP contribution in [0.25, 0.3) is 0 Å². The molecule has 1 rings (SSSR count). The summed E-state index contributed by atoms with van der Waals surface area (Å²) in [6.45, 7) is 7.97. The molecule has 0 fully saturated rings. The Hall–Kier alpha value is -0.150. The van der Waals surface area contributed by atoms with Crippen molar-refractivity contribution < 1.29 is 0 Å². The lowest BCUT2D eigenvalue weighted by Crippen LogP contribution is -2.11. The highest BCUT2D eigenvalue weighted by Gasteiger charge is 2.19. The van der Waals surface area contributed by atoms with Gasteiger partial charge >= 0.3 is 0 Å². The summed E-state index contributed by atoms with van der Waals surface area (Å²) < 4.78 is 0.910. The number of allylic oxidation sites excluding steroid dienone is 1. The number of hydrogen-bond acceptors (Lipinski definition) is 2. The minimum Gasteiger partial charge on any atom is -0.233 e. The summed E-state index contributed by atoms with van der Waals surface area (Å²) in [7, 11) is 0. The highest BCUT2D eigenvalue weighted by molar-refractivity contribution is 9.10. The Bertz CT molecular complexity index is 265. The summed E-state index contributed by atoms with van der Waals surface area (Å²) in [6.07, 6.45) is 1.91. The lowest BCUT2D eigenvalue weighted by Gasteiger charge is -2.15. The minimum atomic E-state index is -0.00329. The molecule has 60 valence electrons. The Morgan fingerprint density at radius 2 is 2.36 bits per heavy atom. The van der Waals surface area contributed by atoms with Gasteiger partial charge in [0.15, 0.2) is 0 Å². The minimum absolute atomic E-state index is 0.00329. The molecule has 0 aromatic carbocycles. The third kappa shape index (κ3) is 1.91. The second kappa shape index (κ2) is 3.07. The molecule has 0 radical (unpaired) electrons. The van der Waals surface area contributed by atoms with Crippen LogP contribution in [0.15, 0.2) is 22.6 Å². The van der Waals surface area contributed by atoms with Crippen LogP contribution in [0.5, 0.6) is 0 Å². The zero-order valence-corrected chi connectivity index (χ0v) is 9.00. The number of nitrogens with zero attached hydrogens (tertiary/aromatic N) is 1. The smallest absolute Gasteiger partial charge is 0.117 e. The first-order valence-corrected chi connectivity index (χ1v) is 4.98. The van der Waals surface area contributed by atoms with E-state index in [1.165, 1.54) is 0 Å². The Morgan fingerprint density at radius 3 is 2.73 bits per heavy atom. The molecule has 0 spiro atoms. The second-order valence-corrected chi connectivity index (χ2v) is 4.57. The van der Waals surface area contributed by atoms with Crippen molar-refractivity contribution in [1.29, 1.82) is 0 Å². The van der Waals surface area contributed by atoms with E-state index in [1.807, 2.05) is 11.5 Å². The Kier molecular flexibility index (Phi) is 2.50. The first-order chi connectivity index (χ1) is 5.06. The van der Waals surface area contributed by atoms with E-state index in [2.05, 4.69) is 41.3 Å². The quantitative estimate of drug-likeness (QED) is 0.712. The monoisotopic (exact) mass is 231 g/mol. The van der Waals surface area contributed by atoms with Crippen molar-refractivity contribution in [2.45, 2.75) is 19.3 Å². The zero-order valence-electron chi connectivity index (χ0n) is 6.60. The highest BCUT2D eigenvalue weighted by Crippen LogP contribution is 2.28. The molecule has 0 bridgehead atoms. The van der Waals surface area contributed by atoms with E-state index >= 15 is 0 Å². The molecule has 0 aliphatic rings. The first kappa shape index (κ1) is 8.94. The summed E-state index contributed by atoms with van der Waals surface area (Å²) in [5.74, 6) is 0. The summed E-state index contributed by atoms with van der Waals surface area (Å²) in [4.78, 5) is 4.32. The van der Waals surface area contributed by atoms with Gasteiger partial charge in [-0.1, -0.05) is 6.08 Å². The molecule has 1 aromatic rings. The van der Waals surface area contributed by atoms with E-state index in [1.54, 1.807) is 11.3 Å². The third-order valence-corrected chi connectivity index (χ3v) is 3.43. The van der Waals surface area contributed by atoms with Crippen LogP contribution in [0.4, 0.5) is 0 Å². The van der Waals surface area contributed by atoms with Crippen LogP contribution >= 0.6 is 27.3 Å². The lowest BCUT2D eigenvalue weighted by molar-refractivity contribution is 0.664. The molecule has 3 heteroatoms. The molecule has 0 amide bonds. The fraction of sp³-hybridized carbons (Fsp3) is 0.375. The molecule has 1 nitrogen and oxygen atoms in total. The Balaban J connectivity index is 3.01. The van der Waals surface area contributed by atoms with Crippen molar-refractivity contribution in [3.63, 3.8) is 0 Å². The third-order valence-electron chi connectivity index (χ3n) is 1.54. The van der Waals surface area contributed by atoms with Crippen LogP contribution in [0.1, 0.15) is 18.9 Å². The van der Waals surface area contributed by atoms with E-state index in [0.717, 1.165) is 9.61 Å². The molecular weight excluding hydrogens is 222 g/mol. The SMILES string of the molecule is C=CC(C)(C)c1nc(Br)cs1. The maximum Gasteiger partial charge on any atom is 0.117 e. The molecule has 0 N–H and O–H groups in total. The van der Waals surface area contributed by atoms with E-state index in [0.29, 0.717) is 0 Å².